The number of aryl methyl sites for hydroxylation is 1. The van der Waals surface area contributed by atoms with E-state index in [0.717, 1.165) is 12.8 Å². The van der Waals surface area contributed by atoms with Crippen LogP contribution < -0.4 is 0 Å². The minimum atomic E-state index is 0.308. The van der Waals surface area contributed by atoms with E-state index in [1.807, 2.05) is 0 Å². The van der Waals surface area contributed by atoms with Gasteiger partial charge in [-0.15, -0.1) is 0 Å². The van der Waals surface area contributed by atoms with E-state index < -0.39 is 0 Å². The molecule has 0 bridgehead atoms. The summed E-state index contributed by atoms with van der Waals surface area (Å²) in [5.41, 5.74) is 14.6. The first-order valence-electron chi connectivity index (χ1n) is 19.6. The van der Waals surface area contributed by atoms with E-state index in [0.29, 0.717) is 11.8 Å². The number of fused-ring (bicyclic) bond motifs is 14. The fourth-order valence-corrected chi connectivity index (χ4v) is 9.98. The van der Waals surface area contributed by atoms with Gasteiger partial charge in [-0.2, -0.15) is 0 Å². The van der Waals surface area contributed by atoms with Crippen molar-refractivity contribution < 1.29 is 0 Å². The highest BCUT2D eigenvalue weighted by molar-refractivity contribution is 6.24. The van der Waals surface area contributed by atoms with E-state index >= 15 is 0 Å². The average molecular weight is 700 g/mol. The molecule has 0 saturated carbocycles. The molecule has 12 rings (SSSR count). The zero-order chi connectivity index (χ0) is 36.0. The molecular formula is C54H37N. The Morgan fingerprint density at radius 3 is 1.87 bits per heavy atom. The molecule has 8 aromatic carbocycles. The number of aromatic nitrogens is 1. The molecule has 2 aliphatic carbocycles. The van der Waals surface area contributed by atoms with Crippen LogP contribution in [0.15, 0.2) is 182 Å². The van der Waals surface area contributed by atoms with Crippen molar-refractivity contribution in [3.05, 3.63) is 210 Å². The number of para-hydroxylation sites is 1. The topological polar surface area (TPSA) is 4.93 Å². The smallest absolute Gasteiger partial charge is 0.0497 e. The maximum atomic E-state index is 2.53. The average Bonchev–Trinajstić information content (AvgIpc) is 3.66. The predicted octanol–water partition coefficient (Wildman–Crippen LogP) is 14.2. The van der Waals surface area contributed by atoms with E-state index in [1.54, 1.807) is 0 Å². The molecule has 0 N–H and O–H groups in total. The number of rotatable bonds is 3. The highest BCUT2D eigenvalue weighted by Gasteiger charge is 2.35. The Bertz CT molecular complexity index is 3150. The van der Waals surface area contributed by atoms with Gasteiger partial charge in [-0.05, 0) is 143 Å². The third-order valence-corrected chi connectivity index (χ3v) is 12.6. The van der Waals surface area contributed by atoms with Crippen LogP contribution in [0.3, 0.4) is 0 Å². The maximum absolute atomic E-state index is 2.53. The monoisotopic (exact) mass is 699 g/mol. The predicted molar refractivity (Wildman–Crippen MR) is 233 cm³/mol. The van der Waals surface area contributed by atoms with Crippen molar-refractivity contribution in [2.45, 2.75) is 24.7 Å². The van der Waals surface area contributed by atoms with Crippen molar-refractivity contribution in [3.63, 3.8) is 0 Å². The molecule has 0 spiro atoms. The van der Waals surface area contributed by atoms with Crippen LogP contribution >= 0.6 is 0 Å². The Morgan fingerprint density at radius 1 is 0.473 bits per heavy atom. The molecule has 55 heavy (non-hydrogen) atoms. The van der Waals surface area contributed by atoms with E-state index in [2.05, 4.69) is 193 Å². The van der Waals surface area contributed by atoms with Crippen LogP contribution in [0.1, 0.15) is 46.3 Å². The number of benzene rings is 8. The lowest BCUT2D eigenvalue weighted by Gasteiger charge is -2.35. The normalized spacial score (nSPS) is 16.9. The molecule has 2 unspecified atom stereocenters. The summed E-state index contributed by atoms with van der Waals surface area (Å²) in [5, 5.41) is 10.3. The van der Waals surface area contributed by atoms with E-state index in [4.69, 9.17) is 0 Å². The number of allylic oxidation sites excluding steroid dienone is 5. The van der Waals surface area contributed by atoms with Crippen LogP contribution in [0.25, 0.3) is 82.7 Å². The van der Waals surface area contributed by atoms with Crippen LogP contribution in [0, 0.1) is 0 Å². The van der Waals surface area contributed by atoms with Gasteiger partial charge in [0.1, 0.15) is 0 Å². The summed E-state index contributed by atoms with van der Waals surface area (Å²) < 4.78 is 2.53. The fraction of sp³-hybridized carbons (Fsp3) is 0.0741. The Hall–Kier alpha value is -6.70. The summed E-state index contributed by atoms with van der Waals surface area (Å²) in [6, 6.07) is 59.0. The quantitative estimate of drug-likeness (QED) is 0.162. The van der Waals surface area contributed by atoms with Gasteiger partial charge in [-0.3, -0.25) is 0 Å². The molecule has 1 aliphatic heterocycles. The molecule has 0 amide bonds. The lowest BCUT2D eigenvalue weighted by molar-refractivity contribution is 0.655. The van der Waals surface area contributed by atoms with Crippen LogP contribution in [0.4, 0.5) is 0 Å². The molecule has 3 aliphatic rings. The first kappa shape index (κ1) is 30.7. The molecule has 0 fully saturated rings. The Labute approximate surface area is 320 Å². The molecule has 258 valence electrons. The summed E-state index contributed by atoms with van der Waals surface area (Å²) in [6.07, 6.45) is 14.3. The van der Waals surface area contributed by atoms with Gasteiger partial charge in [0.15, 0.2) is 0 Å². The van der Waals surface area contributed by atoms with E-state index in [9.17, 15) is 0 Å². The zero-order valence-electron chi connectivity index (χ0n) is 30.4. The van der Waals surface area contributed by atoms with Gasteiger partial charge in [0.05, 0.1) is 0 Å². The lowest BCUT2D eigenvalue weighted by Crippen LogP contribution is -2.22. The van der Waals surface area contributed by atoms with Crippen molar-refractivity contribution in [1.82, 2.24) is 4.57 Å². The second-order valence-corrected chi connectivity index (χ2v) is 15.5. The highest BCUT2D eigenvalue weighted by Crippen LogP contribution is 2.50. The van der Waals surface area contributed by atoms with Crippen LogP contribution in [0.2, 0.25) is 0 Å². The van der Waals surface area contributed by atoms with Gasteiger partial charge >= 0.3 is 0 Å². The van der Waals surface area contributed by atoms with Crippen molar-refractivity contribution in [1.29, 1.82) is 0 Å². The highest BCUT2D eigenvalue weighted by atomic mass is 15.0. The Kier molecular flexibility index (Phi) is 6.65. The summed E-state index contributed by atoms with van der Waals surface area (Å²) in [4.78, 5) is 0. The first-order chi connectivity index (χ1) is 27.3. The second kappa shape index (κ2) is 11.9. The molecule has 1 nitrogen and oxygen atoms in total. The minimum absolute atomic E-state index is 0.308. The van der Waals surface area contributed by atoms with Crippen LogP contribution in [0.5, 0.6) is 0 Å². The van der Waals surface area contributed by atoms with Gasteiger partial charge in [0, 0.05) is 28.9 Å². The number of nitrogens with zero attached hydrogens (tertiary/aromatic N) is 1. The largest absolute Gasteiger partial charge is 0.313 e. The summed E-state index contributed by atoms with van der Waals surface area (Å²) in [6.45, 7) is 0. The molecular weight excluding hydrogens is 663 g/mol. The maximum Gasteiger partial charge on any atom is 0.0497 e. The van der Waals surface area contributed by atoms with Crippen molar-refractivity contribution in [3.8, 4) is 27.9 Å². The van der Waals surface area contributed by atoms with Gasteiger partial charge in [0.2, 0.25) is 0 Å². The van der Waals surface area contributed by atoms with Crippen LogP contribution in [-0.2, 0) is 6.42 Å². The molecule has 9 aromatic rings. The van der Waals surface area contributed by atoms with E-state index in [1.165, 1.54) is 105 Å². The fourth-order valence-electron chi connectivity index (χ4n) is 9.98. The Balaban J connectivity index is 0.955. The third-order valence-electron chi connectivity index (χ3n) is 12.6. The summed E-state index contributed by atoms with van der Waals surface area (Å²) in [5.74, 6) is 0.641. The molecule has 2 heterocycles. The van der Waals surface area contributed by atoms with Crippen LogP contribution in [-0.4, -0.2) is 4.57 Å². The Morgan fingerprint density at radius 2 is 1.11 bits per heavy atom. The van der Waals surface area contributed by atoms with Crippen molar-refractivity contribution in [2.75, 3.05) is 0 Å². The molecule has 2 atom stereocenters. The minimum Gasteiger partial charge on any atom is -0.313 e. The third kappa shape index (κ3) is 4.66. The molecule has 1 heteroatoms. The summed E-state index contributed by atoms with van der Waals surface area (Å²) in [7, 11) is 0. The van der Waals surface area contributed by atoms with Gasteiger partial charge in [-0.1, -0.05) is 146 Å². The number of hydrogen-bond donors (Lipinski definition) is 0. The van der Waals surface area contributed by atoms with Crippen molar-refractivity contribution in [2.24, 2.45) is 0 Å². The van der Waals surface area contributed by atoms with Crippen molar-refractivity contribution >= 4 is 54.7 Å². The second-order valence-electron chi connectivity index (χ2n) is 15.5. The standard InChI is InChI=1S/C54H37N/c1-2-12-34(13-3-1)47-32-50-44-18-8-6-16-42(44)48(33-51(50)43-17-7-5-15-41(43)47)39-25-24-35-28-36(22-23-37(35)29-39)38-26-27-46-49(30-38)45-19-9-11-21-53(45)55-52-20-10-4-14-40(52)31-54(46)55/h1-3,5-13,15-33,46,49H,4,14H2. The molecule has 0 radical (unpaired) electrons. The van der Waals surface area contributed by atoms with Gasteiger partial charge < -0.3 is 4.57 Å². The first-order valence-corrected chi connectivity index (χ1v) is 19.6. The van der Waals surface area contributed by atoms with E-state index in [-0.39, 0.29) is 0 Å². The lowest BCUT2D eigenvalue weighted by atomic mass is 9.75. The number of hydrogen-bond acceptors (Lipinski definition) is 0. The van der Waals surface area contributed by atoms with Gasteiger partial charge in [-0.25, -0.2) is 0 Å². The molecule has 1 aromatic heterocycles. The summed E-state index contributed by atoms with van der Waals surface area (Å²) >= 11 is 0. The van der Waals surface area contributed by atoms with Gasteiger partial charge in [0.25, 0.3) is 0 Å². The zero-order valence-corrected chi connectivity index (χ0v) is 30.4. The molecule has 0 saturated heterocycles. The SMILES string of the molecule is C1=Cc2c(cc3n2-c2ccccc2C2C=C(c4ccc5cc(-c6cc7c8ccccc8c(-c8ccccc8)cc7c7ccccc67)ccc5c4)C=CC32)CC1.